The van der Waals surface area contributed by atoms with Gasteiger partial charge in [-0.1, -0.05) is 0 Å². The molecule has 0 radical (unpaired) electrons. The minimum Gasteiger partial charge on any atom is -0.459 e. The zero-order chi connectivity index (χ0) is 13.8. The number of carbonyl (C=O) groups is 1. The van der Waals surface area contributed by atoms with Crippen LogP contribution in [0.1, 0.15) is 16.1 Å². The average Bonchev–Trinajstić information content (AvgIpc) is 2.87. The Bertz CT molecular complexity index is 601. The van der Waals surface area contributed by atoms with Crippen LogP contribution in [0.15, 0.2) is 39.8 Å². The summed E-state index contributed by atoms with van der Waals surface area (Å²) in [5, 5.41) is 0. The third-order valence-corrected chi connectivity index (χ3v) is 3.44. The van der Waals surface area contributed by atoms with Crippen molar-refractivity contribution in [3.8, 4) is 0 Å². The molecule has 0 aliphatic carbocycles. The molecular weight excluding hydrogens is 274 g/mol. The fourth-order valence-corrected chi connectivity index (χ4v) is 2.40. The van der Waals surface area contributed by atoms with E-state index in [1.807, 2.05) is 5.43 Å². The smallest absolute Gasteiger partial charge is 0.301 e. The molecule has 0 fully saturated rings. The number of hydrazine groups is 1. The van der Waals surface area contributed by atoms with Gasteiger partial charge in [-0.15, -0.1) is 11.8 Å². The molecule has 0 aliphatic heterocycles. The topological polar surface area (TPSA) is 68.3 Å². The number of hydrogen-bond acceptors (Lipinski definition) is 4. The summed E-state index contributed by atoms with van der Waals surface area (Å²) in [5.41, 5.74) is 2.50. The predicted octanol–water partition coefficient (Wildman–Crippen LogP) is 2.45. The number of hydrogen-bond donors (Lipinski definition) is 2. The van der Waals surface area contributed by atoms with Crippen molar-refractivity contribution in [1.82, 2.24) is 5.43 Å². The van der Waals surface area contributed by atoms with Gasteiger partial charge in [0.15, 0.2) is 5.76 Å². The van der Waals surface area contributed by atoms with Crippen LogP contribution in [0, 0.1) is 11.6 Å². The first kappa shape index (κ1) is 13.6. The number of thioether (sulfide) groups is 1. The van der Waals surface area contributed by atoms with Gasteiger partial charge in [0.2, 0.25) is 0 Å². The van der Waals surface area contributed by atoms with Gasteiger partial charge in [0.05, 0.1) is 6.26 Å². The summed E-state index contributed by atoms with van der Waals surface area (Å²) in [5.74, 6) is 3.73. The molecule has 0 atom stereocenters. The standard InChI is InChI=1S/C12H10F2N2O2S/c13-8-1-2-9(14)10(5-8)19-6-7-3-4-18-11(7)12(17)16-15/h1-5H,6,15H2,(H,16,17). The van der Waals surface area contributed by atoms with Crippen LogP contribution in [0.25, 0.3) is 0 Å². The van der Waals surface area contributed by atoms with E-state index in [-0.39, 0.29) is 16.4 Å². The van der Waals surface area contributed by atoms with Gasteiger partial charge in [0, 0.05) is 16.2 Å². The first-order valence-electron chi connectivity index (χ1n) is 5.27. The lowest BCUT2D eigenvalue weighted by molar-refractivity contribution is 0.0925. The molecule has 1 aromatic carbocycles. The molecule has 0 unspecified atom stereocenters. The van der Waals surface area contributed by atoms with E-state index in [1.54, 1.807) is 6.07 Å². The quantitative estimate of drug-likeness (QED) is 0.392. The lowest BCUT2D eigenvalue weighted by Crippen LogP contribution is -2.30. The van der Waals surface area contributed by atoms with Crippen molar-refractivity contribution in [2.45, 2.75) is 10.6 Å². The van der Waals surface area contributed by atoms with Crippen LogP contribution < -0.4 is 11.3 Å². The Labute approximate surface area is 111 Å². The summed E-state index contributed by atoms with van der Waals surface area (Å²) in [6, 6.07) is 4.78. The third kappa shape index (κ3) is 3.12. The lowest BCUT2D eigenvalue weighted by Gasteiger charge is -2.03. The maximum absolute atomic E-state index is 13.4. The van der Waals surface area contributed by atoms with E-state index >= 15 is 0 Å². The lowest BCUT2D eigenvalue weighted by atomic mass is 10.3. The van der Waals surface area contributed by atoms with Crippen LogP contribution in [0.4, 0.5) is 8.78 Å². The number of amides is 1. The molecule has 0 bridgehead atoms. The SMILES string of the molecule is NNC(=O)c1occc1CSc1cc(F)ccc1F. The van der Waals surface area contributed by atoms with Crippen molar-refractivity contribution in [3.63, 3.8) is 0 Å². The van der Waals surface area contributed by atoms with Crippen molar-refractivity contribution >= 4 is 17.7 Å². The minimum atomic E-state index is -0.569. The molecule has 7 heteroatoms. The normalized spacial score (nSPS) is 10.5. The van der Waals surface area contributed by atoms with E-state index in [1.165, 1.54) is 6.26 Å². The molecule has 2 aromatic rings. The van der Waals surface area contributed by atoms with E-state index in [9.17, 15) is 13.6 Å². The van der Waals surface area contributed by atoms with Gasteiger partial charge in [0.1, 0.15) is 11.6 Å². The van der Waals surface area contributed by atoms with E-state index in [4.69, 9.17) is 10.3 Å². The fourth-order valence-electron chi connectivity index (χ4n) is 1.46. The number of benzene rings is 1. The Morgan fingerprint density at radius 1 is 1.37 bits per heavy atom. The number of furan rings is 1. The highest BCUT2D eigenvalue weighted by molar-refractivity contribution is 7.98. The Hall–Kier alpha value is -1.86. The summed E-state index contributed by atoms with van der Waals surface area (Å²) in [6.07, 6.45) is 1.34. The molecule has 4 nitrogen and oxygen atoms in total. The summed E-state index contributed by atoms with van der Waals surface area (Å²) in [6.45, 7) is 0. The highest BCUT2D eigenvalue weighted by atomic mass is 32.2. The van der Waals surface area contributed by atoms with Crippen LogP contribution in [0.2, 0.25) is 0 Å². The molecule has 100 valence electrons. The Balaban J connectivity index is 2.13. The van der Waals surface area contributed by atoms with Gasteiger partial charge in [-0.25, -0.2) is 14.6 Å². The van der Waals surface area contributed by atoms with Crippen molar-refractivity contribution in [2.24, 2.45) is 5.84 Å². The molecule has 1 amide bonds. The van der Waals surface area contributed by atoms with E-state index in [0.29, 0.717) is 5.56 Å². The van der Waals surface area contributed by atoms with Gasteiger partial charge >= 0.3 is 5.91 Å². The number of halogens is 2. The van der Waals surface area contributed by atoms with Crippen LogP contribution in [0.5, 0.6) is 0 Å². The van der Waals surface area contributed by atoms with Gasteiger partial charge in [-0.3, -0.25) is 10.2 Å². The van der Waals surface area contributed by atoms with Gasteiger partial charge in [-0.05, 0) is 24.3 Å². The highest BCUT2D eigenvalue weighted by Gasteiger charge is 2.15. The van der Waals surface area contributed by atoms with Crippen molar-refractivity contribution < 1.29 is 18.0 Å². The highest BCUT2D eigenvalue weighted by Crippen LogP contribution is 2.27. The number of nitrogens with two attached hydrogens (primary N) is 1. The van der Waals surface area contributed by atoms with Crippen molar-refractivity contribution in [1.29, 1.82) is 0 Å². The monoisotopic (exact) mass is 284 g/mol. The Morgan fingerprint density at radius 3 is 2.89 bits per heavy atom. The second-order valence-electron chi connectivity index (χ2n) is 3.61. The summed E-state index contributed by atoms with van der Waals surface area (Å²) >= 11 is 1.07. The first-order chi connectivity index (χ1) is 9.11. The van der Waals surface area contributed by atoms with Gasteiger partial charge < -0.3 is 4.42 Å². The number of carbonyl (C=O) groups excluding carboxylic acids is 1. The summed E-state index contributed by atoms with van der Waals surface area (Å²) in [7, 11) is 0. The van der Waals surface area contributed by atoms with Crippen LogP contribution in [-0.2, 0) is 5.75 Å². The second kappa shape index (κ2) is 5.85. The molecule has 19 heavy (non-hydrogen) atoms. The van der Waals surface area contributed by atoms with Gasteiger partial charge in [-0.2, -0.15) is 0 Å². The van der Waals surface area contributed by atoms with E-state index in [2.05, 4.69) is 0 Å². The molecule has 2 rings (SSSR count). The summed E-state index contributed by atoms with van der Waals surface area (Å²) in [4.78, 5) is 11.5. The minimum absolute atomic E-state index is 0.0619. The number of rotatable bonds is 4. The van der Waals surface area contributed by atoms with Crippen LogP contribution >= 0.6 is 11.8 Å². The Kier molecular flexibility index (Phi) is 4.18. The molecule has 0 saturated heterocycles. The fraction of sp³-hybridized carbons (Fsp3) is 0.0833. The number of nitrogens with one attached hydrogen (secondary N) is 1. The molecule has 3 N–H and O–H groups in total. The molecule has 1 heterocycles. The first-order valence-corrected chi connectivity index (χ1v) is 6.25. The summed E-state index contributed by atoms with van der Waals surface area (Å²) < 4.78 is 31.4. The second-order valence-corrected chi connectivity index (χ2v) is 4.63. The van der Waals surface area contributed by atoms with Gasteiger partial charge in [0.25, 0.3) is 0 Å². The largest absolute Gasteiger partial charge is 0.459 e. The number of nitrogen functional groups attached to an aromatic ring is 1. The maximum Gasteiger partial charge on any atom is 0.301 e. The zero-order valence-electron chi connectivity index (χ0n) is 9.65. The molecule has 0 saturated carbocycles. The molecule has 0 aliphatic rings. The molecule has 0 spiro atoms. The van der Waals surface area contributed by atoms with E-state index in [0.717, 1.165) is 30.0 Å². The molecular formula is C12H10F2N2O2S. The average molecular weight is 284 g/mol. The van der Waals surface area contributed by atoms with Crippen LogP contribution in [-0.4, -0.2) is 5.91 Å². The Morgan fingerprint density at radius 2 is 2.16 bits per heavy atom. The molecule has 1 aromatic heterocycles. The van der Waals surface area contributed by atoms with Crippen molar-refractivity contribution in [3.05, 3.63) is 53.5 Å². The zero-order valence-corrected chi connectivity index (χ0v) is 10.5. The van der Waals surface area contributed by atoms with Crippen molar-refractivity contribution in [2.75, 3.05) is 0 Å². The van der Waals surface area contributed by atoms with E-state index < -0.39 is 17.5 Å². The maximum atomic E-state index is 13.4. The van der Waals surface area contributed by atoms with Crippen LogP contribution in [0.3, 0.4) is 0 Å². The predicted molar refractivity (Wildman–Crippen MR) is 66.3 cm³/mol. The third-order valence-electron chi connectivity index (χ3n) is 2.36.